The number of rotatable bonds is 5. The predicted molar refractivity (Wildman–Crippen MR) is 80.4 cm³/mol. The Kier molecular flexibility index (Phi) is 5.14. The second-order valence-corrected chi connectivity index (χ2v) is 4.53. The minimum absolute atomic E-state index is 0.265. The minimum Gasteiger partial charge on any atom is -0.454 e. The van der Waals surface area contributed by atoms with Crippen LogP contribution in [0.2, 0.25) is 0 Å². The molecular formula is C13H17N3O3S. The van der Waals surface area contributed by atoms with Gasteiger partial charge < -0.3 is 19.5 Å². The van der Waals surface area contributed by atoms with E-state index >= 15 is 0 Å². The summed E-state index contributed by atoms with van der Waals surface area (Å²) in [5.74, 6) is 1.49. The standard InChI is InChI=1S/C13H17N3O3S/c1-9(15-16-13(20)14-5-6-17-2)10-3-4-11-12(7-10)19-8-18-11/h3-4,7H,5-6,8H2,1-2H3,(H2,14,16,20)/b15-9-. The fourth-order valence-corrected chi connectivity index (χ4v) is 1.77. The average molecular weight is 295 g/mol. The van der Waals surface area contributed by atoms with Gasteiger partial charge in [0, 0.05) is 19.2 Å². The number of ether oxygens (including phenoxy) is 3. The number of nitrogens with zero attached hydrogens (tertiary/aromatic N) is 1. The smallest absolute Gasteiger partial charge is 0.231 e. The van der Waals surface area contributed by atoms with Crippen molar-refractivity contribution in [1.82, 2.24) is 10.7 Å². The number of nitrogens with one attached hydrogen (secondary N) is 2. The average Bonchev–Trinajstić information content (AvgIpc) is 2.92. The summed E-state index contributed by atoms with van der Waals surface area (Å²) in [5.41, 5.74) is 4.54. The van der Waals surface area contributed by atoms with E-state index in [1.165, 1.54) is 0 Å². The molecule has 2 N–H and O–H groups in total. The third-order valence-corrected chi connectivity index (χ3v) is 2.94. The van der Waals surface area contributed by atoms with Gasteiger partial charge in [-0.05, 0) is 37.3 Å². The van der Waals surface area contributed by atoms with Crippen LogP contribution in [0.3, 0.4) is 0 Å². The molecule has 6 nitrogen and oxygen atoms in total. The van der Waals surface area contributed by atoms with Crippen LogP contribution in [0.1, 0.15) is 12.5 Å². The molecule has 0 aromatic heterocycles. The van der Waals surface area contributed by atoms with Crippen LogP contribution >= 0.6 is 12.2 Å². The number of thiocarbonyl (C=S) groups is 1. The monoisotopic (exact) mass is 295 g/mol. The number of hydrazone groups is 1. The molecule has 1 aliphatic heterocycles. The molecule has 0 amide bonds. The molecule has 7 heteroatoms. The highest BCUT2D eigenvalue weighted by Crippen LogP contribution is 2.32. The van der Waals surface area contributed by atoms with Crippen LogP contribution in [-0.4, -0.2) is 37.9 Å². The Morgan fingerprint density at radius 1 is 1.40 bits per heavy atom. The summed E-state index contributed by atoms with van der Waals surface area (Å²) in [6.07, 6.45) is 0. The van der Waals surface area contributed by atoms with E-state index in [9.17, 15) is 0 Å². The summed E-state index contributed by atoms with van der Waals surface area (Å²) in [4.78, 5) is 0. The Morgan fingerprint density at radius 2 is 2.20 bits per heavy atom. The largest absolute Gasteiger partial charge is 0.454 e. The van der Waals surface area contributed by atoms with Gasteiger partial charge in [0.1, 0.15) is 0 Å². The van der Waals surface area contributed by atoms with Gasteiger partial charge in [-0.25, -0.2) is 0 Å². The van der Waals surface area contributed by atoms with Crippen molar-refractivity contribution >= 4 is 23.0 Å². The molecule has 1 aliphatic rings. The molecule has 1 heterocycles. The van der Waals surface area contributed by atoms with Gasteiger partial charge in [0.2, 0.25) is 6.79 Å². The lowest BCUT2D eigenvalue weighted by Gasteiger charge is -2.07. The van der Waals surface area contributed by atoms with Crippen LogP contribution < -0.4 is 20.2 Å². The van der Waals surface area contributed by atoms with Gasteiger partial charge in [-0.3, -0.25) is 5.43 Å². The zero-order valence-electron chi connectivity index (χ0n) is 11.4. The number of methoxy groups -OCH3 is 1. The van der Waals surface area contributed by atoms with Crippen molar-refractivity contribution in [3.05, 3.63) is 23.8 Å². The van der Waals surface area contributed by atoms with E-state index < -0.39 is 0 Å². The van der Waals surface area contributed by atoms with Crippen molar-refractivity contribution in [2.45, 2.75) is 6.92 Å². The molecule has 0 fully saturated rings. The summed E-state index contributed by atoms with van der Waals surface area (Å²) in [7, 11) is 1.64. The molecule has 0 radical (unpaired) electrons. The minimum atomic E-state index is 0.265. The highest BCUT2D eigenvalue weighted by Gasteiger charge is 2.13. The summed E-state index contributed by atoms with van der Waals surface area (Å²) in [6, 6.07) is 5.69. The maximum Gasteiger partial charge on any atom is 0.231 e. The highest BCUT2D eigenvalue weighted by atomic mass is 32.1. The molecule has 0 spiro atoms. The molecule has 108 valence electrons. The lowest BCUT2D eigenvalue weighted by atomic mass is 10.1. The Bertz CT molecular complexity index is 520. The summed E-state index contributed by atoms with van der Waals surface area (Å²) >= 11 is 5.09. The van der Waals surface area contributed by atoms with Crippen molar-refractivity contribution in [1.29, 1.82) is 0 Å². The van der Waals surface area contributed by atoms with Crippen molar-refractivity contribution in [3.63, 3.8) is 0 Å². The zero-order chi connectivity index (χ0) is 14.4. The molecule has 0 saturated carbocycles. The van der Waals surface area contributed by atoms with E-state index in [0.717, 1.165) is 22.8 Å². The van der Waals surface area contributed by atoms with Crippen molar-refractivity contribution in [2.24, 2.45) is 5.10 Å². The summed E-state index contributed by atoms with van der Waals surface area (Å²) in [5, 5.41) is 7.66. The van der Waals surface area contributed by atoms with Crippen LogP contribution in [0.5, 0.6) is 11.5 Å². The molecule has 20 heavy (non-hydrogen) atoms. The third kappa shape index (κ3) is 3.82. The van der Waals surface area contributed by atoms with E-state index in [4.69, 9.17) is 26.4 Å². The van der Waals surface area contributed by atoms with Crippen LogP contribution in [0, 0.1) is 0 Å². The fraction of sp³-hybridized carbons (Fsp3) is 0.385. The first-order valence-corrected chi connectivity index (χ1v) is 6.58. The molecule has 0 unspecified atom stereocenters. The van der Waals surface area contributed by atoms with E-state index in [2.05, 4.69) is 15.8 Å². The summed E-state index contributed by atoms with van der Waals surface area (Å²) in [6.45, 7) is 3.39. The first-order valence-electron chi connectivity index (χ1n) is 6.18. The van der Waals surface area contributed by atoms with E-state index in [1.54, 1.807) is 7.11 Å². The SMILES string of the molecule is COCCNC(=S)N/N=C(/C)c1ccc2c(c1)OCO2. The Labute approximate surface area is 123 Å². The lowest BCUT2D eigenvalue weighted by Crippen LogP contribution is -2.34. The molecular weight excluding hydrogens is 278 g/mol. The molecule has 0 atom stereocenters. The first kappa shape index (κ1) is 14.5. The fourth-order valence-electron chi connectivity index (χ4n) is 1.63. The molecule has 2 rings (SSSR count). The molecule has 0 saturated heterocycles. The van der Waals surface area contributed by atoms with Crippen LogP contribution in [0.15, 0.2) is 23.3 Å². The number of hydrogen-bond acceptors (Lipinski definition) is 5. The second-order valence-electron chi connectivity index (χ2n) is 4.13. The Hall–Kier alpha value is -1.86. The van der Waals surface area contributed by atoms with E-state index in [-0.39, 0.29) is 6.79 Å². The van der Waals surface area contributed by atoms with Gasteiger partial charge in [-0.1, -0.05) is 0 Å². The van der Waals surface area contributed by atoms with Gasteiger partial charge in [-0.15, -0.1) is 0 Å². The quantitative estimate of drug-likeness (QED) is 0.369. The van der Waals surface area contributed by atoms with Gasteiger partial charge >= 0.3 is 0 Å². The van der Waals surface area contributed by atoms with Gasteiger partial charge in [0.15, 0.2) is 16.6 Å². The molecule has 0 aliphatic carbocycles. The predicted octanol–water partition coefficient (Wildman–Crippen LogP) is 1.25. The zero-order valence-corrected chi connectivity index (χ0v) is 12.3. The number of benzene rings is 1. The van der Waals surface area contributed by atoms with Gasteiger partial charge in [0.05, 0.1) is 12.3 Å². The van der Waals surface area contributed by atoms with Gasteiger partial charge in [0.25, 0.3) is 0 Å². The van der Waals surface area contributed by atoms with Crippen LogP contribution in [0.4, 0.5) is 0 Å². The second kappa shape index (κ2) is 7.06. The number of hydrogen-bond donors (Lipinski definition) is 2. The van der Waals surface area contributed by atoms with E-state index in [1.807, 2.05) is 25.1 Å². The summed E-state index contributed by atoms with van der Waals surface area (Å²) < 4.78 is 15.5. The lowest BCUT2D eigenvalue weighted by molar-refractivity contribution is 0.174. The molecule has 1 aromatic rings. The molecule has 1 aromatic carbocycles. The Balaban J connectivity index is 1.91. The van der Waals surface area contributed by atoms with Crippen molar-refractivity contribution < 1.29 is 14.2 Å². The van der Waals surface area contributed by atoms with Crippen LogP contribution in [0.25, 0.3) is 0 Å². The van der Waals surface area contributed by atoms with Crippen molar-refractivity contribution in [2.75, 3.05) is 27.1 Å². The van der Waals surface area contributed by atoms with Gasteiger partial charge in [-0.2, -0.15) is 5.10 Å². The Morgan fingerprint density at radius 3 is 3.00 bits per heavy atom. The van der Waals surface area contributed by atoms with E-state index in [0.29, 0.717) is 18.3 Å². The van der Waals surface area contributed by atoms with Crippen LogP contribution in [-0.2, 0) is 4.74 Å². The third-order valence-electron chi connectivity index (χ3n) is 2.71. The highest BCUT2D eigenvalue weighted by molar-refractivity contribution is 7.80. The first-order chi connectivity index (χ1) is 9.70. The number of fused-ring (bicyclic) bond motifs is 1. The topological polar surface area (TPSA) is 64.1 Å². The maximum absolute atomic E-state index is 5.33. The van der Waals surface area contributed by atoms with Crippen molar-refractivity contribution in [3.8, 4) is 11.5 Å². The maximum atomic E-state index is 5.33. The normalized spacial score (nSPS) is 13.2. The molecule has 0 bridgehead atoms.